The Morgan fingerprint density at radius 2 is 1.44 bits per heavy atom. The molecule has 2 aromatic rings. The van der Waals surface area contributed by atoms with Crippen LogP contribution in [0.15, 0.2) is 36.4 Å². The summed E-state index contributed by atoms with van der Waals surface area (Å²) in [6.07, 6.45) is 2.92. The number of amides is 1. The number of nitrogens with one attached hydrogen (secondary N) is 1. The minimum Gasteiger partial charge on any atom is -0.486 e. The zero-order chi connectivity index (χ0) is 18.5. The molecular formula is C21H23NO5. The third-order valence-corrected chi connectivity index (χ3v) is 4.65. The highest BCUT2D eigenvalue weighted by Crippen LogP contribution is 2.32. The lowest BCUT2D eigenvalue weighted by Gasteiger charge is -2.18. The van der Waals surface area contributed by atoms with Gasteiger partial charge in [-0.1, -0.05) is 12.1 Å². The van der Waals surface area contributed by atoms with E-state index in [9.17, 15) is 4.79 Å². The average Bonchev–Trinajstić information content (AvgIpc) is 3.16. The van der Waals surface area contributed by atoms with Crippen LogP contribution in [0.2, 0.25) is 0 Å². The molecule has 0 spiro atoms. The summed E-state index contributed by atoms with van der Waals surface area (Å²) in [6, 6.07) is 11.9. The highest BCUT2D eigenvalue weighted by Gasteiger charge is 2.13. The van der Waals surface area contributed by atoms with Gasteiger partial charge in [0, 0.05) is 13.0 Å². The zero-order valence-corrected chi connectivity index (χ0v) is 15.2. The van der Waals surface area contributed by atoms with Crippen LogP contribution >= 0.6 is 0 Å². The summed E-state index contributed by atoms with van der Waals surface area (Å²) in [5.41, 5.74) is 2.28. The number of benzene rings is 2. The van der Waals surface area contributed by atoms with Crippen molar-refractivity contribution in [3.8, 4) is 23.0 Å². The fourth-order valence-corrected chi connectivity index (χ4v) is 3.23. The molecule has 2 aliphatic rings. The molecule has 6 nitrogen and oxygen atoms in total. The van der Waals surface area contributed by atoms with Crippen molar-refractivity contribution in [2.24, 2.45) is 0 Å². The molecule has 142 valence electrons. The summed E-state index contributed by atoms with van der Waals surface area (Å²) in [7, 11) is 0. The maximum Gasteiger partial charge on any atom is 0.231 e. The van der Waals surface area contributed by atoms with Crippen molar-refractivity contribution in [3.05, 3.63) is 47.5 Å². The normalized spacial score (nSPS) is 14.1. The second kappa shape index (κ2) is 8.20. The molecule has 0 bridgehead atoms. The molecule has 0 radical (unpaired) electrons. The van der Waals surface area contributed by atoms with Gasteiger partial charge in [0.1, 0.15) is 13.2 Å². The smallest absolute Gasteiger partial charge is 0.231 e. The van der Waals surface area contributed by atoms with Crippen molar-refractivity contribution in [2.75, 3.05) is 26.6 Å². The number of fused-ring (bicyclic) bond motifs is 2. The zero-order valence-electron chi connectivity index (χ0n) is 15.2. The number of hydrogen-bond acceptors (Lipinski definition) is 5. The van der Waals surface area contributed by atoms with Crippen LogP contribution in [0.4, 0.5) is 0 Å². The van der Waals surface area contributed by atoms with E-state index in [0.29, 0.717) is 26.2 Å². The summed E-state index contributed by atoms with van der Waals surface area (Å²) in [4.78, 5) is 12.0. The molecule has 2 aromatic carbocycles. The predicted molar refractivity (Wildman–Crippen MR) is 99.6 cm³/mol. The van der Waals surface area contributed by atoms with Crippen molar-refractivity contribution < 1.29 is 23.7 Å². The van der Waals surface area contributed by atoms with Gasteiger partial charge in [-0.05, 0) is 54.7 Å². The lowest BCUT2D eigenvalue weighted by atomic mass is 10.1. The van der Waals surface area contributed by atoms with Gasteiger partial charge in [0.05, 0.1) is 0 Å². The van der Waals surface area contributed by atoms with Gasteiger partial charge >= 0.3 is 0 Å². The molecule has 0 saturated carbocycles. The van der Waals surface area contributed by atoms with Crippen LogP contribution in [0.1, 0.15) is 24.0 Å². The number of rotatable bonds is 7. The summed E-state index contributed by atoms with van der Waals surface area (Å²) in [5.74, 6) is 3.23. The van der Waals surface area contributed by atoms with Crippen LogP contribution in [-0.2, 0) is 17.6 Å². The number of carbonyl (C=O) groups is 1. The Kier molecular flexibility index (Phi) is 5.32. The second-order valence-corrected chi connectivity index (χ2v) is 6.62. The predicted octanol–water partition coefficient (Wildman–Crippen LogP) is 2.87. The van der Waals surface area contributed by atoms with Crippen LogP contribution in [0, 0.1) is 0 Å². The Bertz CT molecular complexity index is 820. The fraction of sp³-hybridized carbons (Fsp3) is 0.381. The number of ether oxygens (including phenoxy) is 4. The molecule has 1 amide bonds. The molecule has 2 heterocycles. The number of aryl methyl sites for hydroxylation is 1. The van der Waals surface area contributed by atoms with Crippen molar-refractivity contribution in [1.29, 1.82) is 0 Å². The SMILES string of the molecule is O=C(CCCc1ccc2c(c1)OCCO2)NCCc1ccc2c(c1)OCO2. The lowest BCUT2D eigenvalue weighted by Crippen LogP contribution is -2.25. The first kappa shape index (κ1) is 17.5. The van der Waals surface area contributed by atoms with E-state index in [1.165, 1.54) is 0 Å². The maximum atomic E-state index is 12.0. The summed E-state index contributed by atoms with van der Waals surface area (Å²) in [6.45, 7) is 2.07. The van der Waals surface area contributed by atoms with Crippen molar-refractivity contribution >= 4 is 5.91 Å². The Morgan fingerprint density at radius 1 is 0.815 bits per heavy atom. The van der Waals surface area contributed by atoms with E-state index in [-0.39, 0.29) is 12.7 Å². The molecule has 2 aliphatic heterocycles. The molecule has 0 saturated heterocycles. The molecule has 0 fully saturated rings. The molecular weight excluding hydrogens is 346 g/mol. The maximum absolute atomic E-state index is 12.0. The number of hydrogen-bond donors (Lipinski definition) is 1. The van der Waals surface area contributed by atoms with Gasteiger partial charge in [-0.15, -0.1) is 0 Å². The topological polar surface area (TPSA) is 66.0 Å². The Hall–Kier alpha value is -2.89. The van der Waals surface area contributed by atoms with E-state index in [1.54, 1.807) is 0 Å². The molecule has 4 rings (SSSR count). The highest BCUT2D eigenvalue weighted by molar-refractivity contribution is 5.75. The molecule has 1 N–H and O–H groups in total. The van der Waals surface area contributed by atoms with Gasteiger partial charge in [0.15, 0.2) is 23.0 Å². The lowest BCUT2D eigenvalue weighted by molar-refractivity contribution is -0.121. The van der Waals surface area contributed by atoms with Crippen LogP contribution in [0.3, 0.4) is 0 Å². The van der Waals surface area contributed by atoms with E-state index in [2.05, 4.69) is 5.32 Å². The second-order valence-electron chi connectivity index (χ2n) is 6.62. The van der Waals surface area contributed by atoms with Crippen LogP contribution < -0.4 is 24.3 Å². The van der Waals surface area contributed by atoms with Crippen molar-refractivity contribution in [2.45, 2.75) is 25.7 Å². The average molecular weight is 369 g/mol. The summed E-state index contributed by atoms with van der Waals surface area (Å²) in [5, 5.41) is 2.98. The van der Waals surface area contributed by atoms with Crippen LogP contribution in [-0.4, -0.2) is 32.5 Å². The van der Waals surface area contributed by atoms with Crippen LogP contribution in [0.5, 0.6) is 23.0 Å². The van der Waals surface area contributed by atoms with E-state index in [1.807, 2.05) is 36.4 Å². The molecule has 6 heteroatoms. The molecule has 0 atom stereocenters. The Morgan fingerprint density at radius 3 is 2.26 bits per heavy atom. The number of carbonyl (C=O) groups excluding carboxylic acids is 1. The van der Waals surface area contributed by atoms with Crippen LogP contribution in [0.25, 0.3) is 0 Å². The van der Waals surface area contributed by atoms with Crippen molar-refractivity contribution in [3.63, 3.8) is 0 Å². The van der Waals surface area contributed by atoms with E-state index in [0.717, 1.165) is 53.4 Å². The molecule has 0 aromatic heterocycles. The van der Waals surface area contributed by atoms with Gasteiger partial charge in [-0.2, -0.15) is 0 Å². The minimum absolute atomic E-state index is 0.0771. The molecule has 27 heavy (non-hydrogen) atoms. The first-order valence-electron chi connectivity index (χ1n) is 9.32. The largest absolute Gasteiger partial charge is 0.486 e. The fourth-order valence-electron chi connectivity index (χ4n) is 3.23. The molecule has 0 unspecified atom stereocenters. The van der Waals surface area contributed by atoms with Gasteiger partial charge in [0.25, 0.3) is 0 Å². The summed E-state index contributed by atoms with van der Waals surface area (Å²) >= 11 is 0. The van der Waals surface area contributed by atoms with E-state index in [4.69, 9.17) is 18.9 Å². The first-order chi connectivity index (χ1) is 13.3. The van der Waals surface area contributed by atoms with Gasteiger partial charge in [-0.25, -0.2) is 0 Å². The quantitative estimate of drug-likeness (QED) is 0.813. The van der Waals surface area contributed by atoms with E-state index < -0.39 is 0 Å². The first-order valence-corrected chi connectivity index (χ1v) is 9.32. The van der Waals surface area contributed by atoms with E-state index >= 15 is 0 Å². The van der Waals surface area contributed by atoms with Gasteiger partial charge in [0.2, 0.25) is 12.7 Å². The summed E-state index contributed by atoms with van der Waals surface area (Å²) < 4.78 is 21.8. The third kappa shape index (κ3) is 4.45. The monoisotopic (exact) mass is 369 g/mol. The Labute approximate surface area is 158 Å². The third-order valence-electron chi connectivity index (χ3n) is 4.65. The highest BCUT2D eigenvalue weighted by atomic mass is 16.7. The van der Waals surface area contributed by atoms with Crippen molar-refractivity contribution in [1.82, 2.24) is 5.32 Å². The standard InChI is InChI=1S/C21H23NO5/c23-21(22-9-8-16-5-7-18-20(13-16)27-14-26-18)3-1-2-15-4-6-17-19(12-15)25-11-10-24-17/h4-7,12-13H,1-3,8-11,14H2,(H,22,23). The minimum atomic E-state index is 0.0771. The Balaban J connectivity index is 1.17. The van der Waals surface area contributed by atoms with Gasteiger partial charge < -0.3 is 24.3 Å². The van der Waals surface area contributed by atoms with Gasteiger partial charge in [-0.3, -0.25) is 4.79 Å². The molecule has 0 aliphatic carbocycles.